The van der Waals surface area contributed by atoms with E-state index in [9.17, 15) is 29.8 Å². The van der Waals surface area contributed by atoms with Crippen molar-refractivity contribution in [3.63, 3.8) is 0 Å². The van der Waals surface area contributed by atoms with E-state index in [0.717, 1.165) is 24.3 Å². The maximum absolute atomic E-state index is 13.0. The number of halogens is 1. The molecule has 0 saturated heterocycles. The lowest BCUT2D eigenvalue weighted by molar-refractivity contribution is -0.385. The van der Waals surface area contributed by atoms with Crippen molar-refractivity contribution >= 4 is 45.1 Å². The molecule has 0 bridgehead atoms. The van der Waals surface area contributed by atoms with Crippen molar-refractivity contribution in [3.8, 4) is 0 Å². The van der Waals surface area contributed by atoms with Crippen LogP contribution < -0.4 is 4.90 Å². The van der Waals surface area contributed by atoms with Gasteiger partial charge in [0.05, 0.1) is 14.3 Å². The maximum Gasteiger partial charge on any atom is 0.269 e. The summed E-state index contributed by atoms with van der Waals surface area (Å²) >= 11 is 3.16. The fraction of sp³-hybridized carbons (Fsp3) is 0. The summed E-state index contributed by atoms with van der Waals surface area (Å²) in [5.41, 5.74) is -0.468. The monoisotopic (exact) mass is 471 g/mol. The van der Waals surface area contributed by atoms with Gasteiger partial charge < -0.3 is 0 Å². The fourth-order valence-electron chi connectivity index (χ4n) is 2.40. The van der Waals surface area contributed by atoms with Crippen molar-refractivity contribution in [3.05, 3.63) is 96.8 Å². The Kier molecular flexibility index (Phi) is 5.88. The van der Waals surface area contributed by atoms with Gasteiger partial charge in [-0.15, -0.1) is 0 Å². The van der Waals surface area contributed by atoms with Crippen molar-refractivity contribution in [1.29, 1.82) is 0 Å². The number of nitro groups is 2. The molecule has 150 valence electrons. The van der Waals surface area contributed by atoms with Gasteiger partial charge in [-0.1, -0.05) is 0 Å². The van der Waals surface area contributed by atoms with E-state index in [2.05, 4.69) is 25.9 Å². The van der Waals surface area contributed by atoms with Crippen molar-refractivity contribution in [2.24, 2.45) is 0 Å². The van der Waals surface area contributed by atoms with Crippen LogP contribution in [0, 0.1) is 20.2 Å². The number of imide groups is 1. The number of benzene rings is 2. The zero-order valence-corrected chi connectivity index (χ0v) is 16.4. The number of rotatable bonds is 5. The number of nitro benzene ring substituents is 2. The zero-order chi connectivity index (χ0) is 21.8. The zero-order valence-electron chi connectivity index (χ0n) is 14.8. The summed E-state index contributed by atoms with van der Waals surface area (Å²) < 4.78 is 0.511. The van der Waals surface area contributed by atoms with E-state index in [1.807, 2.05) is 0 Å². The van der Waals surface area contributed by atoms with Gasteiger partial charge in [0.25, 0.3) is 23.2 Å². The van der Waals surface area contributed by atoms with Crippen LogP contribution in [0.3, 0.4) is 0 Å². The van der Waals surface area contributed by atoms with Crippen molar-refractivity contribution < 1.29 is 19.4 Å². The highest BCUT2D eigenvalue weighted by molar-refractivity contribution is 9.10. The van der Waals surface area contributed by atoms with Crippen LogP contribution in [0.4, 0.5) is 17.3 Å². The summed E-state index contributed by atoms with van der Waals surface area (Å²) in [6.07, 6.45) is 2.67. The summed E-state index contributed by atoms with van der Waals surface area (Å²) in [7, 11) is 0. The van der Waals surface area contributed by atoms with E-state index < -0.39 is 21.7 Å². The van der Waals surface area contributed by atoms with Crippen LogP contribution in [0.1, 0.15) is 20.7 Å². The Morgan fingerprint density at radius 3 is 1.47 bits per heavy atom. The number of hydrogen-bond donors (Lipinski definition) is 0. The maximum atomic E-state index is 13.0. The number of nitrogens with zero attached hydrogens (tertiary/aromatic N) is 5. The molecule has 0 aliphatic rings. The second kappa shape index (κ2) is 8.53. The third kappa shape index (κ3) is 4.33. The van der Waals surface area contributed by atoms with Gasteiger partial charge in [-0.2, -0.15) is 0 Å². The summed E-state index contributed by atoms with van der Waals surface area (Å²) in [6.45, 7) is 0. The highest BCUT2D eigenvalue weighted by Gasteiger charge is 2.29. The van der Waals surface area contributed by atoms with Crippen LogP contribution >= 0.6 is 15.9 Å². The van der Waals surface area contributed by atoms with Gasteiger partial charge in [-0.05, 0) is 40.2 Å². The largest absolute Gasteiger partial charge is 0.269 e. The highest BCUT2D eigenvalue weighted by Crippen LogP contribution is 2.21. The first kappa shape index (κ1) is 20.7. The average Bonchev–Trinajstić information content (AvgIpc) is 2.75. The van der Waals surface area contributed by atoms with Crippen molar-refractivity contribution in [2.45, 2.75) is 0 Å². The molecular formula is C18H10BrN5O6. The van der Waals surface area contributed by atoms with E-state index in [-0.39, 0.29) is 28.5 Å². The first-order valence-corrected chi connectivity index (χ1v) is 8.92. The number of hydrogen-bond acceptors (Lipinski definition) is 8. The lowest BCUT2D eigenvalue weighted by Gasteiger charge is -2.19. The number of carbonyl (C=O) groups excluding carboxylic acids is 2. The summed E-state index contributed by atoms with van der Waals surface area (Å²) in [4.78, 5) is 55.1. The smallest absolute Gasteiger partial charge is 0.268 e. The first-order valence-electron chi connectivity index (χ1n) is 8.13. The van der Waals surface area contributed by atoms with Gasteiger partial charge in [0.15, 0.2) is 0 Å². The predicted octanol–water partition coefficient (Wildman–Crippen LogP) is 3.54. The molecule has 0 atom stereocenters. The third-order valence-electron chi connectivity index (χ3n) is 3.86. The van der Waals surface area contributed by atoms with Gasteiger partial charge in [-0.3, -0.25) is 29.8 Å². The molecule has 2 aromatic carbocycles. The summed E-state index contributed by atoms with van der Waals surface area (Å²) in [6, 6.07) is 9.33. The Balaban J connectivity index is 2.02. The minimum absolute atomic E-state index is 0.0117. The minimum atomic E-state index is -0.824. The molecule has 0 aliphatic heterocycles. The van der Waals surface area contributed by atoms with Crippen molar-refractivity contribution in [2.75, 3.05) is 4.90 Å². The first-order chi connectivity index (χ1) is 14.3. The quantitative estimate of drug-likeness (QED) is 0.311. The number of amides is 2. The lowest BCUT2D eigenvalue weighted by Crippen LogP contribution is -2.38. The minimum Gasteiger partial charge on any atom is -0.268 e. The molecule has 0 saturated carbocycles. The molecule has 0 N–H and O–H groups in total. The molecule has 2 amide bonds. The molecule has 3 aromatic rings. The Bertz CT molecular complexity index is 1060. The lowest BCUT2D eigenvalue weighted by atomic mass is 10.1. The molecule has 1 heterocycles. The number of carbonyl (C=O) groups is 2. The van der Waals surface area contributed by atoms with E-state index in [0.29, 0.717) is 9.37 Å². The molecule has 3 rings (SSSR count). The molecular weight excluding hydrogens is 462 g/mol. The Labute approximate surface area is 176 Å². The molecule has 0 spiro atoms. The number of non-ortho nitro benzene ring substituents is 2. The van der Waals surface area contributed by atoms with E-state index >= 15 is 0 Å². The molecule has 0 aliphatic carbocycles. The molecule has 0 unspecified atom stereocenters. The van der Waals surface area contributed by atoms with E-state index in [1.165, 1.54) is 36.7 Å². The van der Waals surface area contributed by atoms with Gasteiger partial charge in [0, 0.05) is 47.8 Å². The molecule has 0 fully saturated rings. The van der Waals surface area contributed by atoms with Crippen LogP contribution in [0.2, 0.25) is 0 Å². The second-order valence-corrected chi connectivity index (χ2v) is 6.67. The normalized spacial score (nSPS) is 10.3. The average molecular weight is 472 g/mol. The van der Waals surface area contributed by atoms with Crippen molar-refractivity contribution in [1.82, 2.24) is 9.97 Å². The second-order valence-electron chi connectivity index (χ2n) is 5.75. The standard InChI is InChI=1S/C18H10BrN5O6/c19-13-9-20-18(21-10-13)22(16(25)11-1-5-14(6-2-11)23(27)28)17(26)12-3-7-15(8-4-12)24(29)30/h1-10H. The summed E-state index contributed by atoms with van der Waals surface area (Å²) in [5.74, 6) is -1.88. The van der Waals surface area contributed by atoms with Crippen LogP contribution in [0.5, 0.6) is 0 Å². The van der Waals surface area contributed by atoms with Gasteiger partial charge in [0.2, 0.25) is 5.95 Å². The third-order valence-corrected chi connectivity index (χ3v) is 4.27. The predicted molar refractivity (Wildman–Crippen MR) is 107 cm³/mol. The topological polar surface area (TPSA) is 149 Å². The fourth-order valence-corrected chi connectivity index (χ4v) is 2.61. The molecule has 12 heteroatoms. The molecule has 11 nitrogen and oxygen atoms in total. The van der Waals surface area contributed by atoms with Crippen LogP contribution in [0.25, 0.3) is 0 Å². The van der Waals surface area contributed by atoms with Gasteiger partial charge in [-0.25, -0.2) is 14.9 Å². The Morgan fingerprint density at radius 2 is 1.13 bits per heavy atom. The van der Waals surface area contributed by atoms with Crippen LogP contribution in [-0.4, -0.2) is 31.6 Å². The number of anilines is 1. The summed E-state index contributed by atoms with van der Waals surface area (Å²) in [5, 5.41) is 21.6. The van der Waals surface area contributed by atoms with Gasteiger partial charge >= 0.3 is 0 Å². The van der Waals surface area contributed by atoms with Crippen LogP contribution in [-0.2, 0) is 0 Å². The van der Waals surface area contributed by atoms with E-state index in [4.69, 9.17) is 0 Å². The molecule has 30 heavy (non-hydrogen) atoms. The highest BCUT2D eigenvalue weighted by atomic mass is 79.9. The Morgan fingerprint density at radius 1 is 0.767 bits per heavy atom. The van der Waals surface area contributed by atoms with Gasteiger partial charge in [0.1, 0.15) is 0 Å². The Hall–Kier alpha value is -4.06. The molecule has 1 aromatic heterocycles. The molecule has 0 radical (unpaired) electrons. The SMILES string of the molecule is O=C(c1ccc([N+](=O)[O-])cc1)N(C(=O)c1ccc([N+](=O)[O-])cc1)c1ncc(Br)cn1. The number of aromatic nitrogens is 2. The van der Waals surface area contributed by atoms with Crippen LogP contribution in [0.15, 0.2) is 65.4 Å². The van der Waals surface area contributed by atoms with E-state index in [1.54, 1.807) is 0 Å².